The summed E-state index contributed by atoms with van der Waals surface area (Å²) in [5.41, 5.74) is 1.79. The van der Waals surface area contributed by atoms with Gasteiger partial charge in [0, 0.05) is 25.0 Å². The van der Waals surface area contributed by atoms with E-state index in [2.05, 4.69) is 48.6 Å². The van der Waals surface area contributed by atoms with E-state index in [0.29, 0.717) is 18.0 Å². The maximum absolute atomic E-state index is 9.53. The maximum Gasteiger partial charge on any atom is 0.173 e. The number of fused-ring (bicyclic) bond motifs is 1. The van der Waals surface area contributed by atoms with Crippen LogP contribution in [0.15, 0.2) is 41.3 Å². The van der Waals surface area contributed by atoms with E-state index in [4.69, 9.17) is 0 Å². The van der Waals surface area contributed by atoms with Crippen molar-refractivity contribution in [2.45, 2.75) is 32.4 Å². The molecule has 0 aliphatic carbocycles. The van der Waals surface area contributed by atoms with Crippen LogP contribution in [0.3, 0.4) is 0 Å². The molecule has 3 rings (SSSR count). The summed E-state index contributed by atoms with van der Waals surface area (Å²) >= 11 is 3.48. The number of aromatic nitrogens is 4. The molecule has 0 fully saturated rings. The van der Waals surface area contributed by atoms with Gasteiger partial charge in [0.1, 0.15) is 11.6 Å². The predicted octanol–water partition coefficient (Wildman–Crippen LogP) is 3.07. The van der Waals surface area contributed by atoms with Crippen molar-refractivity contribution in [1.82, 2.24) is 19.6 Å². The lowest BCUT2D eigenvalue weighted by atomic mass is 10.2. The highest BCUT2D eigenvalue weighted by atomic mass is 79.9. The van der Waals surface area contributed by atoms with Gasteiger partial charge in [0.15, 0.2) is 5.65 Å². The molecule has 0 radical (unpaired) electrons. The Morgan fingerprint density at radius 3 is 2.96 bits per heavy atom. The molecule has 8 heteroatoms. The minimum absolute atomic E-state index is 0.0205. The number of rotatable bonds is 8. The standard InChI is InChI=1S/C17H21BrN6O/c1-2-4-13(11-25)22-15-7-16(20-9-12-5-3-6-19-8-12)24-17(23-15)14(18)10-21-24/h3,5-8,10,13,20,25H,2,4,9,11H2,1H3,(H,22,23)/t13-/m0/s1. The second-order valence-electron chi connectivity index (χ2n) is 5.78. The topological polar surface area (TPSA) is 87.4 Å². The molecule has 0 spiro atoms. The average molecular weight is 405 g/mol. The fourth-order valence-corrected chi connectivity index (χ4v) is 2.95. The number of aliphatic hydroxyl groups excluding tert-OH is 1. The molecule has 0 saturated carbocycles. The Morgan fingerprint density at radius 2 is 2.24 bits per heavy atom. The summed E-state index contributed by atoms with van der Waals surface area (Å²) < 4.78 is 2.57. The van der Waals surface area contributed by atoms with Gasteiger partial charge in [-0.2, -0.15) is 9.61 Å². The molecular weight excluding hydrogens is 384 g/mol. The predicted molar refractivity (Wildman–Crippen MR) is 102 cm³/mol. The molecule has 1 atom stereocenters. The SMILES string of the molecule is CCC[C@@H](CO)Nc1cc(NCc2cccnc2)n2ncc(Br)c2n1. The summed E-state index contributed by atoms with van der Waals surface area (Å²) in [5, 5.41) is 20.6. The molecule has 3 N–H and O–H groups in total. The molecule has 0 unspecified atom stereocenters. The monoisotopic (exact) mass is 404 g/mol. The van der Waals surface area contributed by atoms with E-state index in [1.807, 2.05) is 24.4 Å². The van der Waals surface area contributed by atoms with Crippen LogP contribution < -0.4 is 10.6 Å². The number of halogens is 1. The molecule has 0 bridgehead atoms. The maximum atomic E-state index is 9.53. The van der Waals surface area contributed by atoms with Crippen LogP contribution in [0.2, 0.25) is 0 Å². The Bertz CT molecular complexity index is 823. The quantitative estimate of drug-likeness (QED) is 0.534. The van der Waals surface area contributed by atoms with Gasteiger partial charge in [-0.15, -0.1) is 0 Å². The zero-order chi connectivity index (χ0) is 17.6. The van der Waals surface area contributed by atoms with E-state index >= 15 is 0 Å². The number of aliphatic hydroxyl groups is 1. The van der Waals surface area contributed by atoms with Crippen LogP contribution in [0.5, 0.6) is 0 Å². The third kappa shape index (κ3) is 4.26. The van der Waals surface area contributed by atoms with Crippen molar-refractivity contribution in [3.05, 3.63) is 46.8 Å². The summed E-state index contributed by atoms with van der Waals surface area (Å²) in [6.07, 6.45) is 7.16. The number of hydrogen-bond donors (Lipinski definition) is 3. The molecule has 0 saturated heterocycles. The lowest BCUT2D eigenvalue weighted by molar-refractivity contribution is 0.268. The summed E-state index contributed by atoms with van der Waals surface area (Å²) in [7, 11) is 0. The minimum atomic E-state index is -0.0205. The molecule has 3 heterocycles. The van der Waals surface area contributed by atoms with Crippen molar-refractivity contribution >= 4 is 33.2 Å². The number of nitrogens with zero attached hydrogens (tertiary/aromatic N) is 4. The Morgan fingerprint density at radius 1 is 1.36 bits per heavy atom. The fourth-order valence-electron chi connectivity index (χ4n) is 2.60. The second kappa shape index (κ2) is 8.26. The third-order valence-corrected chi connectivity index (χ3v) is 4.39. The van der Waals surface area contributed by atoms with E-state index in [1.165, 1.54) is 0 Å². The zero-order valence-electron chi connectivity index (χ0n) is 14.0. The summed E-state index contributed by atoms with van der Waals surface area (Å²) in [5.74, 6) is 1.52. The molecule has 0 amide bonds. The van der Waals surface area contributed by atoms with Crippen LogP contribution in [0.1, 0.15) is 25.3 Å². The zero-order valence-corrected chi connectivity index (χ0v) is 15.6. The van der Waals surface area contributed by atoms with Crippen molar-refractivity contribution in [3.8, 4) is 0 Å². The van der Waals surface area contributed by atoms with E-state index in [1.54, 1.807) is 16.9 Å². The highest BCUT2D eigenvalue weighted by Crippen LogP contribution is 2.23. The summed E-state index contributed by atoms with van der Waals surface area (Å²) in [6, 6.07) is 5.81. The lowest BCUT2D eigenvalue weighted by Crippen LogP contribution is -2.24. The average Bonchev–Trinajstić information content (AvgIpc) is 3.01. The van der Waals surface area contributed by atoms with Crippen LogP contribution in [-0.2, 0) is 6.54 Å². The van der Waals surface area contributed by atoms with Crippen LogP contribution in [0.4, 0.5) is 11.6 Å². The first kappa shape index (κ1) is 17.6. The Labute approximate surface area is 154 Å². The van der Waals surface area contributed by atoms with Crippen molar-refractivity contribution < 1.29 is 5.11 Å². The second-order valence-corrected chi connectivity index (χ2v) is 6.64. The van der Waals surface area contributed by atoms with Gasteiger partial charge in [0.2, 0.25) is 0 Å². The Kier molecular flexibility index (Phi) is 5.83. The van der Waals surface area contributed by atoms with Gasteiger partial charge in [-0.05, 0) is 34.0 Å². The smallest absolute Gasteiger partial charge is 0.173 e. The molecule has 7 nitrogen and oxygen atoms in total. The van der Waals surface area contributed by atoms with Gasteiger partial charge in [0.05, 0.1) is 23.3 Å². The Balaban J connectivity index is 1.87. The highest BCUT2D eigenvalue weighted by molar-refractivity contribution is 9.10. The molecule has 132 valence electrons. The molecule has 25 heavy (non-hydrogen) atoms. The number of hydrogen-bond acceptors (Lipinski definition) is 6. The van der Waals surface area contributed by atoms with Crippen molar-refractivity contribution in [3.63, 3.8) is 0 Å². The fraction of sp³-hybridized carbons (Fsp3) is 0.353. The lowest BCUT2D eigenvalue weighted by Gasteiger charge is -2.17. The summed E-state index contributed by atoms with van der Waals surface area (Å²) in [4.78, 5) is 8.73. The van der Waals surface area contributed by atoms with Crippen molar-refractivity contribution in [2.24, 2.45) is 0 Å². The normalized spacial score (nSPS) is 12.3. The first-order chi connectivity index (χ1) is 12.2. The summed E-state index contributed by atoms with van der Waals surface area (Å²) in [6.45, 7) is 2.79. The molecule has 0 aliphatic heterocycles. The van der Waals surface area contributed by atoms with Crippen molar-refractivity contribution in [1.29, 1.82) is 0 Å². The van der Waals surface area contributed by atoms with E-state index < -0.39 is 0 Å². The van der Waals surface area contributed by atoms with E-state index in [-0.39, 0.29) is 12.6 Å². The van der Waals surface area contributed by atoms with Crippen LogP contribution in [0.25, 0.3) is 5.65 Å². The van der Waals surface area contributed by atoms with Gasteiger partial charge in [-0.1, -0.05) is 19.4 Å². The van der Waals surface area contributed by atoms with E-state index in [0.717, 1.165) is 28.7 Å². The number of nitrogens with one attached hydrogen (secondary N) is 2. The molecular formula is C17H21BrN6O. The van der Waals surface area contributed by atoms with Gasteiger partial charge in [-0.25, -0.2) is 4.98 Å². The largest absolute Gasteiger partial charge is 0.394 e. The minimum Gasteiger partial charge on any atom is -0.394 e. The van der Waals surface area contributed by atoms with Gasteiger partial charge in [-0.3, -0.25) is 4.98 Å². The molecule has 0 aromatic carbocycles. The van der Waals surface area contributed by atoms with Gasteiger partial charge < -0.3 is 15.7 Å². The van der Waals surface area contributed by atoms with Gasteiger partial charge in [0.25, 0.3) is 0 Å². The van der Waals surface area contributed by atoms with Crippen LogP contribution in [0, 0.1) is 0 Å². The molecule has 3 aromatic rings. The third-order valence-electron chi connectivity index (χ3n) is 3.83. The van der Waals surface area contributed by atoms with Crippen LogP contribution in [-0.4, -0.2) is 37.3 Å². The van der Waals surface area contributed by atoms with Crippen LogP contribution >= 0.6 is 15.9 Å². The first-order valence-electron chi connectivity index (χ1n) is 8.25. The van der Waals surface area contributed by atoms with E-state index in [9.17, 15) is 5.11 Å². The molecule has 0 aliphatic rings. The first-order valence-corrected chi connectivity index (χ1v) is 9.05. The van der Waals surface area contributed by atoms with Gasteiger partial charge >= 0.3 is 0 Å². The number of pyridine rings is 1. The number of anilines is 2. The molecule has 3 aromatic heterocycles. The Hall–Kier alpha value is -2.19. The van der Waals surface area contributed by atoms with Crippen molar-refractivity contribution in [2.75, 3.05) is 17.2 Å². The highest BCUT2D eigenvalue weighted by Gasteiger charge is 2.13.